The van der Waals surface area contributed by atoms with Crippen molar-refractivity contribution in [3.63, 3.8) is 0 Å². The monoisotopic (exact) mass is 362 g/mol. The van der Waals surface area contributed by atoms with Gasteiger partial charge in [0.05, 0.1) is 37.1 Å². The number of piperidine rings is 1. The third-order valence-corrected chi connectivity index (χ3v) is 5.27. The maximum Gasteiger partial charge on any atom is 0.319 e. The number of likely N-dealkylation sites (N-methyl/N-ethyl adjacent to an activating group) is 1. The number of aromatic nitrogens is 2. The van der Waals surface area contributed by atoms with E-state index in [2.05, 4.69) is 22.2 Å². The van der Waals surface area contributed by atoms with E-state index >= 15 is 0 Å². The Labute approximate surface area is 155 Å². The highest BCUT2D eigenvalue weighted by molar-refractivity contribution is 5.81. The minimum atomic E-state index is -0.0146. The highest BCUT2D eigenvalue weighted by Gasteiger charge is 2.28. The summed E-state index contributed by atoms with van der Waals surface area (Å²) in [5, 5.41) is 7.63. The fourth-order valence-corrected chi connectivity index (χ4v) is 3.82. The van der Waals surface area contributed by atoms with Gasteiger partial charge in [-0.1, -0.05) is 13.3 Å². The molecule has 8 nitrogen and oxygen atoms in total. The van der Waals surface area contributed by atoms with Gasteiger partial charge >= 0.3 is 6.03 Å². The molecule has 3 rings (SSSR count). The van der Waals surface area contributed by atoms with Gasteiger partial charge in [0.2, 0.25) is 5.91 Å². The van der Waals surface area contributed by atoms with E-state index in [0.29, 0.717) is 26.2 Å². The summed E-state index contributed by atoms with van der Waals surface area (Å²) in [6, 6.07) is 2.00. The van der Waals surface area contributed by atoms with E-state index < -0.39 is 0 Å². The van der Waals surface area contributed by atoms with Crippen molar-refractivity contribution in [2.45, 2.75) is 51.9 Å². The average Bonchev–Trinajstić information content (AvgIpc) is 3.07. The molecule has 2 aliphatic heterocycles. The molecular formula is C18H30N6O2. The zero-order valence-electron chi connectivity index (χ0n) is 16.1. The van der Waals surface area contributed by atoms with E-state index in [4.69, 9.17) is 0 Å². The smallest absolute Gasteiger partial charge is 0.319 e. The molecular weight excluding hydrogens is 332 g/mol. The fraction of sp³-hybridized carbons (Fsp3) is 0.722. The maximum absolute atomic E-state index is 12.6. The van der Waals surface area contributed by atoms with Crippen LogP contribution < -0.4 is 5.32 Å². The number of nitrogens with zero attached hydrogens (tertiary/aromatic N) is 5. The molecule has 3 heterocycles. The third-order valence-electron chi connectivity index (χ3n) is 5.27. The van der Waals surface area contributed by atoms with Crippen molar-refractivity contribution < 1.29 is 9.59 Å². The standard InChI is InChI=1S/C18H30N6O2/c1-4-22-8-6-5-7-16(22)17(25)19-12-14-11-15-13-23(18(26)21(2)3)9-10-24(15)20-14/h11,16H,4-10,12-13H2,1-3H3,(H,19,25)/t16-/m0/s1. The van der Waals surface area contributed by atoms with Gasteiger partial charge < -0.3 is 15.1 Å². The van der Waals surface area contributed by atoms with Gasteiger partial charge in [0.25, 0.3) is 0 Å². The summed E-state index contributed by atoms with van der Waals surface area (Å²) in [7, 11) is 3.53. The average molecular weight is 362 g/mol. The van der Waals surface area contributed by atoms with Gasteiger partial charge in [-0.15, -0.1) is 0 Å². The molecule has 0 aromatic carbocycles. The van der Waals surface area contributed by atoms with Crippen molar-refractivity contribution in [1.82, 2.24) is 29.8 Å². The zero-order valence-corrected chi connectivity index (χ0v) is 16.1. The van der Waals surface area contributed by atoms with Crippen molar-refractivity contribution >= 4 is 11.9 Å². The second-order valence-corrected chi connectivity index (χ2v) is 7.31. The Hall–Kier alpha value is -2.09. The second-order valence-electron chi connectivity index (χ2n) is 7.31. The Morgan fingerprint density at radius 2 is 2.08 bits per heavy atom. The highest BCUT2D eigenvalue weighted by atomic mass is 16.2. The molecule has 0 unspecified atom stereocenters. The van der Waals surface area contributed by atoms with Crippen LogP contribution in [0.1, 0.15) is 37.6 Å². The molecule has 1 N–H and O–H groups in total. The summed E-state index contributed by atoms with van der Waals surface area (Å²) in [6.07, 6.45) is 3.22. The van der Waals surface area contributed by atoms with Crippen molar-refractivity contribution in [3.8, 4) is 0 Å². The molecule has 0 radical (unpaired) electrons. The number of fused-ring (bicyclic) bond motifs is 1. The minimum Gasteiger partial charge on any atom is -0.349 e. The van der Waals surface area contributed by atoms with Crippen molar-refractivity contribution in [2.75, 3.05) is 33.7 Å². The number of likely N-dealkylation sites (tertiary alicyclic amines) is 1. The van der Waals surface area contributed by atoms with E-state index in [-0.39, 0.29) is 18.0 Å². The lowest BCUT2D eigenvalue weighted by atomic mass is 10.0. The summed E-state index contributed by atoms with van der Waals surface area (Å²) in [4.78, 5) is 30.3. The Morgan fingerprint density at radius 1 is 1.27 bits per heavy atom. The molecule has 144 valence electrons. The van der Waals surface area contributed by atoms with Gasteiger partial charge in [0.1, 0.15) is 0 Å². The first-order valence-electron chi connectivity index (χ1n) is 9.53. The van der Waals surface area contributed by atoms with Crippen molar-refractivity contribution in [1.29, 1.82) is 0 Å². The van der Waals surface area contributed by atoms with Crippen LogP contribution in [0.25, 0.3) is 0 Å². The Balaban J connectivity index is 1.57. The molecule has 26 heavy (non-hydrogen) atoms. The largest absolute Gasteiger partial charge is 0.349 e. The first kappa shape index (κ1) is 18.7. The molecule has 1 aromatic rings. The Kier molecular flexibility index (Phi) is 5.80. The van der Waals surface area contributed by atoms with Crippen LogP contribution in [0.5, 0.6) is 0 Å². The fourth-order valence-electron chi connectivity index (χ4n) is 3.82. The summed E-state index contributed by atoms with van der Waals surface area (Å²) < 4.78 is 1.94. The molecule has 1 atom stereocenters. The summed E-state index contributed by atoms with van der Waals surface area (Å²) in [6.45, 7) is 6.37. The summed E-state index contributed by atoms with van der Waals surface area (Å²) >= 11 is 0. The van der Waals surface area contributed by atoms with Gasteiger partial charge in [0, 0.05) is 20.6 Å². The molecule has 1 fully saturated rings. The molecule has 2 aliphatic rings. The number of urea groups is 1. The molecule has 0 aliphatic carbocycles. The molecule has 0 spiro atoms. The predicted octanol–water partition coefficient (Wildman–Crippen LogP) is 0.871. The molecule has 3 amide bonds. The molecule has 1 saturated heterocycles. The van der Waals surface area contributed by atoms with Crippen molar-refractivity contribution in [3.05, 3.63) is 17.5 Å². The molecule has 0 saturated carbocycles. The highest BCUT2D eigenvalue weighted by Crippen LogP contribution is 2.17. The van der Waals surface area contributed by atoms with Crippen LogP contribution in [0.2, 0.25) is 0 Å². The second kappa shape index (κ2) is 8.07. The van der Waals surface area contributed by atoms with Crippen LogP contribution in [0.4, 0.5) is 4.79 Å². The normalized spacial score (nSPS) is 20.6. The number of carbonyl (C=O) groups is 2. The molecule has 0 bridgehead atoms. The van der Waals surface area contributed by atoms with Crippen LogP contribution in [0.15, 0.2) is 6.07 Å². The van der Waals surface area contributed by atoms with Crippen LogP contribution in [0.3, 0.4) is 0 Å². The molecule has 8 heteroatoms. The first-order chi connectivity index (χ1) is 12.5. The number of nitrogens with one attached hydrogen (secondary N) is 1. The predicted molar refractivity (Wildman–Crippen MR) is 98.5 cm³/mol. The topological polar surface area (TPSA) is 73.7 Å². The van der Waals surface area contributed by atoms with Crippen LogP contribution >= 0.6 is 0 Å². The molecule has 1 aromatic heterocycles. The SMILES string of the molecule is CCN1CCCC[C@H]1C(=O)NCc1cc2n(n1)CCN(C(=O)N(C)C)C2. The van der Waals surface area contributed by atoms with Crippen molar-refractivity contribution in [2.24, 2.45) is 0 Å². The van der Waals surface area contributed by atoms with Crippen LogP contribution in [-0.4, -0.2) is 76.2 Å². The van der Waals surface area contributed by atoms with E-state index in [1.807, 2.05) is 15.6 Å². The number of hydrogen-bond donors (Lipinski definition) is 1. The number of hydrogen-bond acceptors (Lipinski definition) is 4. The number of rotatable bonds is 4. The lowest BCUT2D eigenvalue weighted by Crippen LogP contribution is -2.49. The van der Waals surface area contributed by atoms with Gasteiger partial charge in [-0.25, -0.2) is 4.79 Å². The quantitative estimate of drug-likeness (QED) is 0.863. The third kappa shape index (κ3) is 4.00. The lowest BCUT2D eigenvalue weighted by molar-refractivity contribution is -0.127. The van der Waals surface area contributed by atoms with Gasteiger partial charge in [-0.05, 0) is 32.0 Å². The lowest BCUT2D eigenvalue weighted by Gasteiger charge is -2.33. The van der Waals surface area contributed by atoms with E-state index in [1.54, 1.807) is 19.0 Å². The number of amides is 3. The maximum atomic E-state index is 12.6. The van der Waals surface area contributed by atoms with E-state index in [9.17, 15) is 9.59 Å². The summed E-state index contributed by atoms with van der Waals surface area (Å²) in [5.41, 5.74) is 1.87. The Morgan fingerprint density at radius 3 is 2.81 bits per heavy atom. The van der Waals surface area contributed by atoms with Gasteiger partial charge in [-0.2, -0.15) is 5.10 Å². The van der Waals surface area contributed by atoms with E-state index in [0.717, 1.165) is 37.3 Å². The zero-order chi connectivity index (χ0) is 18.7. The summed E-state index contributed by atoms with van der Waals surface area (Å²) in [5.74, 6) is 0.0990. The minimum absolute atomic E-state index is 0.0146. The van der Waals surface area contributed by atoms with Gasteiger partial charge in [-0.3, -0.25) is 14.4 Å². The van der Waals surface area contributed by atoms with Crippen LogP contribution in [-0.2, 0) is 24.4 Å². The van der Waals surface area contributed by atoms with E-state index in [1.165, 1.54) is 6.42 Å². The number of carbonyl (C=O) groups excluding carboxylic acids is 2. The Bertz CT molecular complexity index is 656. The van der Waals surface area contributed by atoms with Crippen LogP contribution in [0, 0.1) is 0 Å². The first-order valence-corrected chi connectivity index (χ1v) is 9.53. The van der Waals surface area contributed by atoms with Gasteiger partial charge in [0.15, 0.2) is 0 Å².